The summed E-state index contributed by atoms with van der Waals surface area (Å²) < 4.78 is 0. The van der Waals surface area contributed by atoms with Crippen LogP contribution < -0.4 is 5.32 Å². The first-order valence-electron chi connectivity index (χ1n) is 9.47. The van der Waals surface area contributed by atoms with E-state index in [2.05, 4.69) is 52.4 Å². The molecule has 2 aliphatic rings. The van der Waals surface area contributed by atoms with Gasteiger partial charge in [-0.15, -0.1) is 0 Å². The number of nitrogens with one attached hydrogen (secondary N) is 1. The van der Waals surface area contributed by atoms with Gasteiger partial charge in [-0.3, -0.25) is 14.6 Å². The van der Waals surface area contributed by atoms with E-state index in [1.165, 1.54) is 18.4 Å². The minimum Gasteiger partial charge on any atom is -0.352 e. The number of rotatable bonds is 5. The van der Waals surface area contributed by atoms with Crippen molar-refractivity contribution in [2.45, 2.75) is 45.2 Å². The lowest BCUT2D eigenvalue weighted by Gasteiger charge is -2.34. The van der Waals surface area contributed by atoms with Crippen molar-refractivity contribution < 1.29 is 4.79 Å². The molecule has 0 spiro atoms. The lowest BCUT2D eigenvalue weighted by atomic mass is 10.0. The molecule has 132 valence electrons. The van der Waals surface area contributed by atoms with Crippen molar-refractivity contribution in [3.05, 3.63) is 35.9 Å². The second kappa shape index (κ2) is 8.63. The molecule has 1 N–H and O–H groups in total. The van der Waals surface area contributed by atoms with E-state index in [0.29, 0.717) is 12.6 Å². The van der Waals surface area contributed by atoms with Crippen molar-refractivity contribution in [2.75, 3.05) is 32.7 Å². The number of carbonyl (C=O) groups is 1. The zero-order valence-corrected chi connectivity index (χ0v) is 14.9. The fourth-order valence-electron chi connectivity index (χ4n) is 3.98. The molecular weight excluding hydrogens is 298 g/mol. The summed E-state index contributed by atoms with van der Waals surface area (Å²) >= 11 is 0. The maximum atomic E-state index is 12.3. The summed E-state index contributed by atoms with van der Waals surface area (Å²) in [7, 11) is 0. The standard InChI is InChI=1S/C20H31N3O/c1-17-6-5-11-23(14-17)16-20(24)21-19-9-12-22(13-10-19)15-18-7-3-2-4-8-18/h2-4,7-8,17,19H,5-6,9-16H2,1H3,(H,21,24)/t17-/m1/s1. The van der Waals surface area contributed by atoms with Gasteiger partial charge in [-0.05, 0) is 43.7 Å². The molecule has 24 heavy (non-hydrogen) atoms. The molecular formula is C20H31N3O. The second-order valence-corrected chi connectivity index (χ2v) is 7.59. The Balaban J connectivity index is 1.36. The monoisotopic (exact) mass is 329 g/mol. The Bertz CT molecular complexity index is 511. The molecule has 2 fully saturated rings. The van der Waals surface area contributed by atoms with Crippen LogP contribution in [0, 0.1) is 5.92 Å². The highest BCUT2D eigenvalue weighted by Gasteiger charge is 2.23. The molecule has 0 radical (unpaired) electrons. The van der Waals surface area contributed by atoms with Crippen LogP contribution in [0.25, 0.3) is 0 Å². The Kier molecular flexibility index (Phi) is 6.27. The average molecular weight is 329 g/mol. The Labute approximate surface area is 146 Å². The van der Waals surface area contributed by atoms with Gasteiger partial charge >= 0.3 is 0 Å². The van der Waals surface area contributed by atoms with Crippen LogP contribution in [0.15, 0.2) is 30.3 Å². The van der Waals surface area contributed by atoms with E-state index >= 15 is 0 Å². The van der Waals surface area contributed by atoms with E-state index in [0.717, 1.165) is 51.5 Å². The molecule has 0 saturated carbocycles. The third-order valence-corrected chi connectivity index (χ3v) is 5.31. The molecule has 1 amide bonds. The molecule has 0 unspecified atom stereocenters. The molecule has 0 aliphatic carbocycles. The molecule has 1 atom stereocenters. The van der Waals surface area contributed by atoms with E-state index in [4.69, 9.17) is 0 Å². The number of amides is 1. The largest absolute Gasteiger partial charge is 0.352 e. The highest BCUT2D eigenvalue weighted by Crippen LogP contribution is 2.16. The third kappa shape index (κ3) is 5.32. The minimum absolute atomic E-state index is 0.214. The number of piperidine rings is 2. The fraction of sp³-hybridized carbons (Fsp3) is 0.650. The van der Waals surface area contributed by atoms with Crippen molar-refractivity contribution in [3.8, 4) is 0 Å². The van der Waals surface area contributed by atoms with Crippen LogP contribution in [0.2, 0.25) is 0 Å². The van der Waals surface area contributed by atoms with E-state index in [-0.39, 0.29) is 5.91 Å². The molecule has 1 aromatic carbocycles. The molecule has 4 nitrogen and oxygen atoms in total. The van der Waals surface area contributed by atoms with Crippen LogP contribution in [0.3, 0.4) is 0 Å². The first kappa shape index (κ1) is 17.4. The van der Waals surface area contributed by atoms with Crippen LogP contribution in [0.1, 0.15) is 38.2 Å². The Hall–Kier alpha value is -1.39. The zero-order chi connectivity index (χ0) is 16.8. The number of carbonyl (C=O) groups excluding carboxylic acids is 1. The van der Waals surface area contributed by atoms with Crippen molar-refractivity contribution in [2.24, 2.45) is 5.92 Å². The highest BCUT2D eigenvalue weighted by atomic mass is 16.2. The van der Waals surface area contributed by atoms with Gasteiger partial charge in [0.15, 0.2) is 0 Å². The lowest BCUT2D eigenvalue weighted by Crippen LogP contribution is -2.48. The van der Waals surface area contributed by atoms with Crippen molar-refractivity contribution >= 4 is 5.91 Å². The first-order valence-corrected chi connectivity index (χ1v) is 9.47. The van der Waals surface area contributed by atoms with Gasteiger partial charge in [0.05, 0.1) is 6.54 Å². The summed E-state index contributed by atoms with van der Waals surface area (Å²) in [5.41, 5.74) is 1.37. The molecule has 3 rings (SSSR count). The molecule has 0 aromatic heterocycles. The SMILES string of the molecule is C[C@@H]1CCCN(CC(=O)NC2CCN(Cc3ccccc3)CC2)C1. The Morgan fingerprint density at radius 2 is 1.83 bits per heavy atom. The molecule has 2 aliphatic heterocycles. The summed E-state index contributed by atoms with van der Waals surface area (Å²) in [5, 5.41) is 3.26. The number of likely N-dealkylation sites (tertiary alicyclic amines) is 2. The van der Waals surface area contributed by atoms with Crippen molar-refractivity contribution in [1.29, 1.82) is 0 Å². The summed E-state index contributed by atoms with van der Waals surface area (Å²) in [6.07, 6.45) is 4.66. The van der Waals surface area contributed by atoms with Gasteiger partial charge in [-0.25, -0.2) is 0 Å². The van der Waals surface area contributed by atoms with Crippen molar-refractivity contribution in [3.63, 3.8) is 0 Å². The average Bonchev–Trinajstić information content (AvgIpc) is 2.57. The molecule has 4 heteroatoms. The fourth-order valence-corrected chi connectivity index (χ4v) is 3.98. The molecule has 2 heterocycles. The number of nitrogens with zero attached hydrogens (tertiary/aromatic N) is 2. The summed E-state index contributed by atoms with van der Waals surface area (Å²) in [5.74, 6) is 0.943. The maximum absolute atomic E-state index is 12.3. The molecule has 2 saturated heterocycles. The van der Waals surface area contributed by atoms with Gasteiger partial charge in [0.2, 0.25) is 5.91 Å². The number of hydrogen-bond acceptors (Lipinski definition) is 3. The normalized spacial score (nSPS) is 24.0. The smallest absolute Gasteiger partial charge is 0.234 e. The Morgan fingerprint density at radius 3 is 2.54 bits per heavy atom. The first-order chi connectivity index (χ1) is 11.7. The van der Waals surface area contributed by atoms with E-state index < -0.39 is 0 Å². The lowest BCUT2D eigenvalue weighted by molar-refractivity contribution is -0.123. The van der Waals surface area contributed by atoms with Crippen LogP contribution in [-0.2, 0) is 11.3 Å². The predicted molar refractivity (Wildman–Crippen MR) is 97.7 cm³/mol. The minimum atomic E-state index is 0.214. The van der Waals surface area contributed by atoms with Gasteiger partial charge in [-0.1, -0.05) is 37.3 Å². The molecule has 0 bridgehead atoms. The summed E-state index contributed by atoms with van der Waals surface area (Å²) in [4.78, 5) is 17.1. The van der Waals surface area contributed by atoms with Crippen LogP contribution in [0.4, 0.5) is 0 Å². The quantitative estimate of drug-likeness (QED) is 0.901. The topological polar surface area (TPSA) is 35.6 Å². The van der Waals surface area contributed by atoms with E-state index in [1.807, 2.05) is 0 Å². The number of hydrogen-bond donors (Lipinski definition) is 1. The van der Waals surface area contributed by atoms with E-state index in [9.17, 15) is 4.79 Å². The summed E-state index contributed by atoms with van der Waals surface area (Å²) in [6.45, 7) is 8.17. The highest BCUT2D eigenvalue weighted by molar-refractivity contribution is 5.78. The number of benzene rings is 1. The summed E-state index contributed by atoms with van der Waals surface area (Å²) in [6, 6.07) is 11.0. The molecule has 1 aromatic rings. The van der Waals surface area contributed by atoms with Gasteiger partial charge in [0.25, 0.3) is 0 Å². The van der Waals surface area contributed by atoms with Gasteiger partial charge in [-0.2, -0.15) is 0 Å². The maximum Gasteiger partial charge on any atom is 0.234 e. The van der Waals surface area contributed by atoms with Crippen LogP contribution in [-0.4, -0.2) is 54.5 Å². The third-order valence-electron chi connectivity index (χ3n) is 5.31. The van der Waals surface area contributed by atoms with Gasteiger partial charge in [0, 0.05) is 32.2 Å². The van der Waals surface area contributed by atoms with E-state index in [1.54, 1.807) is 0 Å². The van der Waals surface area contributed by atoms with Crippen LogP contribution >= 0.6 is 0 Å². The Morgan fingerprint density at radius 1 is 1.08 bits per heavy atom. The predicted octanol–water partition coefficient (Wildman–Crippen LogP) is 2.50. The zero-order valence-electron chi connectivity index (χ0n) is 14.9. The second-order valence-electron chi connectivity index (χ2n) is 7.59. The van der Waals surface area contributed by atoms with Crippen LogP contribution in [0.5, 0.6) is 0 Å². The van der Waals surface area contributed by atoms with Crippen molar-refractivity contribution in [1.82, 2.24) is 15.1 Å². The van der Waals surface area contributed by atoms with Gasteiger partial charge in [0.1, 0.15) is 0 Å². The van der Waals surface area contributed by atoms with Gasteiger partial charge < -0.3 is 5.32 Å².